The van der Waals surface area contributed by atoms with E-state index in [1.807, 2.05) is 24.3 Å². The van der Waals surface area contributed by atoms with Crippen LogP contribution in [-0.2, 0) is 24.3 Å². The molecule has 2 heterocycles. The van der Waals surface area contributed by atoms with Crippen molar-refractivity contribution in [1.29, 1.82) is 0 Å². The second-order valence-electron chi connectivity index (χ2n) is 9.20. The summed E-state index contributed by atoms with van der Waals surface area (Å²) in [6.07, 6.45) is 3.90. The predicted octanol–water partition coefficient (Wildman–Crippen LogP) is 3.99. The Labute approximate surface area is 226 Å². The van der Waals surface area contributed by atoms with Crippen LogP contribution in [0, 0.1) is 0 Å². The highest BCUT2D eigenvalue weighted by Crippen LogP contribution is 2.24. The lowest BCUT2D eigenvalue weighted by Gasteiger charge is -2.26. The number of likely N-dealkylation sites (N-methyl/N-ethyl adjacent to an activating group) is 1. The van der Waals surface area contributed by atoms with Crippen molar-refractivity contribution in [3.63, 3.8) is 0 Å². The molecule has 37 heavy (non-hydrogen) atoms. The molecule has 0 unspecified atom stereocenters. The van der Waals surface area contributed by atoms with Crippen molar-refractivity contribution in [2.75, 3.05) is 32.1 Å². The molecule has 0 aliphatic carbocycles. The number of nitrogens with zero attached hydrogens (tertiary/aromatic N) is 3. The van der Waals surface area contributed by atoms with Crippen LogP contribution in [-0.4, -0.2) is 53.1 Å². The first-order chi connectivity index (χ1) is 17.9. The highest BCUT2D eigenvalue weighted by atomic mass is 35.5. The maximum absolute atomic E-state index is 13.3. The summed E-state index contributed by atoms with van der Waals surface area (Å²) < 4.78 is 7.23. The van der Waals surface area contributed by atoms with Crippen LogP contribution in [0.5, 0.6) is 5.75 Å². The van der Waals surface area contributed by atoms with Gasteiger partial charge in [0.1, 0.15) is 17.4 Å². The Morgan fingerprint density at radius 1 is 1.11 bits per heavy atom. The molecular formula is C27H31Cl2N5O3. The second-order valence-corrected chi connectivity index (χ2v) is 10.0. The fourth-order valence-electron chi connectivity index (χ4n) is 4.30. The predicted molar refractivity (Wildman–Crippen MR) is 147 cm³/mol. The van der Waals surface area contributed by atoms with Gasteiger partial charge in [-0.25, -0.2) is 4.98 Å². The van der Waals surface area contributed by atoms with Crippen molar-refractivity contribution < 1.29 is 9.53 Å². The van der Waals surface area contributed by atoms with Gasteiger partial charge in [-0.1, -0.05) is 59.6 Å². The number of aromatic nitrogens is 2. The summed E-state index contributed by atoms with van der Waals surface area (Å²) in [6, 6.07) is 15.3. The van der Waals surface area contributed by atoms with Gasteiger partial charge in [-0.15, -0.1) is 0 Å². The number of hydrogen-bond donors (Lipinski definition) is 2. The van der Waals surface area contributed by atoms with Crippen LogP contribution in [0.15, 0.2) is 59.5 Å². The van der Waals surface area contributed by atoms with E-state index < -0.39 is 5.56 Å². The van der Waals surface area contributed by atoms with Crippen LogP contribution in [0.1, 0.15) is 24.0 Å². The Hall–Kier alpha value is -3.07. The lowest BCUT2D eigenvalue weighted by atomic mass is 10.1. The van der Waals surface area contributed by atoms with E-state index in [-0.39, 0.29) is 36.0 Å². The lowest BCUT2D eigenvalue weighted by molar-refractivity contribution is -0.121. The summed E-state index contributed by atoms with van der Waals surface area (Å²) in [5, 5.41) is 6.81. The van der Waals surface area contributed by atoms with Crippen molar-refractivity contribution in [1.82, 2.24) is 19.8 Å². The van der Waals surface area contributed by atoms with E-state index in [1.165, 1.54) is 10.8 Å². The molecule has 2 aromatic carbocycles. The first-order valence-corrected chi connectivity index (χ1v) is 13.1. The van der Waals surface area contributed by atoms with E-state index in [9.17, 15) is 9.59 Å². The van der Waals surface area contributed by atoms with Gasteiger partial charge in [-0.05, 0) is 50.6 Å². The van der Waals surface area contributed by atoms with Crippen LogP contribution >= 0.6 is 23.2 Å². The molecule has 4 rings (SSSR count). The highest BCUT2D eigenvalue weighted by molar-refractivity contribution is 6.30. The minimum absolute atomic E-state index is 0.0831. The normalized spacial score (nSPS) is 17.9. The first kappa shape index (κ1) is 27.0. The summed E-state index contributed by atoms with van der Waals surface area (Å²) in [7, 11) is 2.06. The molecule has 3 aromatic rings. The number of halogens is 2. The summed E-state index contributed by atoms with van der Waals surface area (Å²) in [4.78, 5) is 32.5. The van der Waals surface area contributed by atoms with Gasteiger partial charge in [0, 0.05) is 29.7 Å². The highest BCUT2D eigenvalue weighted by Gasteiger charge is 2.19. The number of nitrogens with one attached hydrogen (secondary N) is 2. The van der Waals surface area contributed by atoms with Crippen LogP contribution in [0.4, 0.5) is 5.82 Å². The minimum atomic E-state index is -0.444. The van der Waals surface area contributed by atoms with Crippen molar-refractivity contribution in [2.24, 2.45) is 0 Å². The molecule has 0 spiro atoms. The van der Waals surface area contributed by atoms with Gasteiger partial charge in [0.15, 0.2) is 5.82 Å². The fraction of sp³-hybridized carbons (Fsp3) is 0.370. The maximum atomic E-state index is 13.3. The molecule has 0 saturated carbocycles. The number of carbonyl (C=O) groups excluding carboxylic acids is 1. The van der Waals surface area contributed by atoms with Crippen LogP contribution in [0.25, 0.3) is 0 Å². The fourth-order valence-corrected chi connectivity index (χ4v) is 4.65. The molecule has 10 heteroatoms. The van der Waals surface area contributed by atoms with Gasteiger partial charge in [-0.3, -0.25) is 14.2 Å². The molecule has 0 radical (unpaired) electrons. The van der Waals surface area contributed by atoms with E-state index >= 15 is 0 Å². The first-order valence-electron chi connectivity index (χ1n) is 12.3. The molecule has 0 saturated heterocycles. The summed E-state index contributed by atoms with van der Waals surface area (Å²) >= 11 is 12.5. The Bertz CT molecular complexity index is 1270. The Morgan fingerprint density at radius 2 is 1.92 bits per heavy atom. The van der Waals surface area contributed by atoms with Gasteiger partial charge in [0.25, 0.3) is 5.56 Å². The Kier molecular flexibility index (Phi) is 9.44. The molecule has 2 N–H and O–H groups in total. The molecule has 0 fully saturated rings. The number of benzene rings is 2. The number of amides is 1. The second kappa shape index (κ2) is 12.9. The zero-order valence-corrected chi connectivity index (χ0v) is 22.3. The summed E-state index contributed by atoms with van der Waals surface area (Å²) in [6.45, 7) is 2.10. The van der Waals surface area contributed by atoms with E-state index in [0.717, 1.165) is 30.5 Å². The van der Waals surface area contributed by atoms with Crippen LogP contribution in [0.2, 0.25) is 10.2 Å². The molecule has 1 amide bonds. The number of carbonyl (C=O) groups is 1. The molecule has 8 nitrogen and oxygen atoms in total. The zero-order valence-electron chi connectivity index (χ0n) is 20.8. The van der Waals surface area contributed by atoms with Gasteiger partial charge in [0.2, 0.25) is 5.91 Å². The van der Waals surface area contributed by atoms with Gasteiger partial charge >= 0.3 is 0 Å². The van der Waals surface area contributed by atoms with Crippen molar-refractivity contribution in [3.8, 4) is 5.75 Å². The van der Waals surface area contributed by atoms with Crippen molar-refractivity contribution in [3.05, 3.63) is 86.4 Å². The Balaban J connectivity index is 1.60. The number of rotatable bonds is 2. The van der Waals surface area contributed by atoms with Gasteiger partial charge < -0.3 is 20.3 Å². The Morgan fingerprint density at radius 3 is 2.73 bits per heavy atom. The van der Waals surface area contributed by atoms with Crippen molar-refractivity contribution >= 4 is 34.9 Å². The topological polar surface area (TPSA) is 88.5 Å². The minimum Gasteiger partial charge on any atom is -0.493 e. The average Bonchev–Trinajstić information content (AvgIpc) is 2.87. The number of hydrogen-bond acceptors (Lipinski definition) is 6. The van der Waals surface area contributed by atoms with E-state index in [2.05, 4.69) is 39.7 Å². The smallest absolute Gasteiger partial charge is 0.294 e. The summed E-state index contributed by atoms with van der Waals surface area (Å²) in [5.74, 6) is 0.445. The average molecular weight is 544 g/mol. The maximum Gasteiger partial charge on any atom is 0.294 e. The number of ether oxygens (including phenoxy) is 1. The SMILES string of the molecule is CN1CCCCOc2cc(Cl)ccc2CNC(=O)Cn2c(Cl)cnc(c2=O)N[C@@H](Cc2ccccc2)C1. The number of fused-ring (bicyclic) bond motifs is 3. The summed E-state index contributed by atoms with van der Waals surface area (Å²) in [5.41, 5.74) is 1.50. The van der Waals surface area contributed by atoms with Gasteiger partial charge in [0.05, 0.1) is 12.8 Å². The van der Waals surface area contributed by atoms with Gasteiger partial charge in [-0.2, -0.15) is 0 Å². The largest absolute Gasteiger partial charge is 0.493 e. The molecule has 1 aliphatic heterocycles. The third kappa shape index (κ3) is 7.71. The molecule has 1 atom stereocenters. The van der Waals surface area contributed by atoms with Crippen LogP contribution < -0.4 is 20.9 Å². The van der Waals surface area contributed by atoms with E-state index in [4.69, 9.17) is 27.9 Å². The quantitative estimate of drug-likeness (QED) is 0.508. The van der Waals surface area contributed by atoms with Crippen molar-refractivity contribution in [2.45, 2.75) is 38.4 Å². The lowest BCUT2D eigenvalue weighted by Crippen LogP contribution is -2.40. The van der Waals surface area contributed by atoms with E-state index in [1.54, 1.807) is 12.1 Å². The molecule has 1 aromatic heterocycles. The molecule has 196 valence electrons. The third-order valence-electron chi connectivity index (χ3n) is 6.20. The molecule has 1 aliphatic rings. The van der Waals surface area contributed by atoms with Crippen LogP contribution in [0.3, 0.4) is 0 Å². The molecule has 2 bridgehead atoms. The molecular weight excluding hydrogens is 513 g/mol. The zero-order chi connectivity index (χ0) is 26.2. The number of anilines is 1. The monoisotopic (exact) mass is 543 g/mol. The van der Waals surface area contributed by atoms with E-state index in [0.29, 0.717) is 30.3 Å². The standard InChI is InChI=1S/C27H31Cl2N5O3/c1-33-11-5-6-12-37-23-14-21(28)10-9-20(23)15-30-25(35)18-34-24(29)16-31-26(27(34)36)32-22(17-33)13-19-7-3-2-4-8-19/h2-4,7-10,14,16,22H,5-6,11-13,15,17-18H2,1H3,(H,30,35)(H,31,32)/t22-/m0/s1. The third-order valence-corrected chi connectivity index (χ3v) is 6.74.